The van der Waals surface area contributed by atoms with Gasteiger partial charge in [-0.05, 0) is 12.8 Å². The first kappa shape index (κ1) is 18.2. The first-order valence-corrected chi connectivity index (χ1v) is 7.08. The van der Waals surface area contributed by atoms with Crippen molar-refractivity contribution >= 4 is 35.5 Å². The summed E-state index contributed by atoms with van der Waals surface area (Å²) < 4.78 is 0. The van der Waals surface area contributed by atoms with Gasteiger partial charge in [0.05, 0.1) is 5.75 Å². The molecule has 0 aromatic rings. The molecule has 0 unspecified atom stereocenters. The topological polar surface area (TPSA) is 147 Å². The molecule has 114 valence electrons. The van der Waals surface area contributed by atoms with Crippen molar-refractivity contribution in [1.82, 2.24) is 5.32 Å². The van der Waals surface area contributed by atoms with Crippen molar-refractivity contribution in [2.75, 3.05) is 11.5 Å². The third-order valence-corrected chi connectivity index (χ3v) is 3.22. The van der Waals surface area contributed by atoms with Crippen molar-refractivity contribution in [2.24, 2.45) is 5.73 Å². The summed E-state index contributed by atoms with van der Waals surface area (Å²) in [5.74, 6) is -2.68. The van der Waals surface area contributed by atoms with Crippen molar-refractivity contribution in [2.45, 2.75) is 31.7 Å². The molecule has 0 fully saturated rings. The summed E-state index contributed by atoms with van der Waals surface area (Å²) in [6.45, 7) is 0. The highest BCUT2D eigenvalue weighted by Crippen LogP contribution is 2.04. The van der Waals surface area contributed by atoms with Crippen LogP contribution in [0.15, 0.2) is 0 Å². The van der Waals surface area contributed by atoms with E-state index >= 15 is 0 Å². The van der Waals surface area contributed by atoms with Gasteiger partial charge in [-0.1, -0.05) is 0 Å². The third-order valence-electron chi connectivity index (χ3n) is 2.23. The number of carbonyl (C=O) groups excluding carboxylic acids is 2. The second-order valence-corrected chi connectivity index (χ2v) is 5.12. The van der Waals surface area contributed by atoms with Crippen LogP contribution in [0.2, 0.25) is 0 Å². The van der Waals surface area contributed by atoms with Gasteiger partial charge in [0, 0.05) is 18.6 Å². The lowest BCUT2D eigenvalue weighted by atomic mass is 10.1. The normalized spacial score (nSPS) is 11.6. The van der Waals surface area contributed by atoms with Crippen LogP contribution in [0, 0.1) is 0 Å². The Morgan fingerprint density at radius 3 is 2.30 bits per heavy atom. The number of amides is 2. The van der Waals surface area contributed by atoms with Crippen molar-refractivity contribution in [3.63, 3.8) is 0 Å². The smallest absolute Gasteiger partial charge is 0.326 e. The number of primary amides is 1. The molecule has 0 rings (SSSR count). The summed E-state index contributed by atoms with van der Waals surface area (Å²) in [6, 6.07) is -1.09. The van der Waals surface area contributed by atoms with E-state index < -0.39 is 29.8 Å². The van der Waals surface area contributed by atoms with E-state index in [9.17, 15) is 19.2 Å². The minimum absolute atomic E-state index is 0.0573. The Balaban J connectivity index is 3.98. The van der Waals surface area contributed by atoms with Crippen LogP contribution in [-0.2, 0) is 19.2 Å². The third kappa shape index (κ3) is 10.2. The van der Waals surface area contributed by atoms with E-state index in [2.05, 4.69) is 5.32 Å². The first-order valence-electron chi connectivity index (χ1n) is 5.93. The fourth-order valence-corrected chi connectivity index (χ4v) is 1.99. The second kappa shape index (κ2) is 10.1. The number of rotatable bonds is 11. The molecule has 0 heterocycles. The summed E-state index contributed by atoms with van der Waals surface area (Å²) >= 11 is 1.19. The van der Waals surface area contributed by atoms with Gasteiger partial charge in [-0.2, -0.15) is 11.8 Å². The summed E-state index contributed by atoms with van der Waals surface area (Å²) in [6.07, 6.45) is 0.152. The predicted molar refractivity (Wildman–Crippen MR) is 72.2 cm³/mol. The van der Waals surface area contributed by atoms with Gasteiger partial charge in [-0.25, -0.2) is 4.79 Å². The number of carboxylic acids is 2. The highest BCUT2D eigenvalue weighted by atomic mass is 32.2. The number of carbonyl (C=O) groups is 4. The zero-order valence-corrected chi connectivity index (χ0v) is 11.6. The number of hydrogen-bond acceptors (Lipinski definition) is 5. The number of nitrogens with two attached hydrogens (primary N) is 1. The minimum Gasteiger partial charge on any atom is -0.481 e. The fraction of sp³-hybridized carbons (Fsp3) is 0.636. The van der Waals surface area contributed by atoms with Crippen molar-refractivity contribution in [3.8, 4) is 0 Å². The van der Waals surface area contributed by atoms with Crippen molar-refractivity contribution in [3.05, 3.63) is 0 Å². The Morgan fingerprint density at radius 2 is 1.80 bits per heavy atom. The fourth-order valence-electron chi connectivity index (χ4n) is 1.32. The lowest BCUT2D eigenvalue weighted by Gasteiger charge is -2.13. The molecule has 0 saturated carbocycles. The van der Waals surface area contributed by atoms with Gasteiger partial charge in [0.2, 0.25) is 11.8 Å². The van der Waals surface area contributed by atoms with E-state index in [-0.39, 0.29) is 31.4 Å². The molecule has 9 heteroatoms. The van der Waals surface area contributed by atoms with Crippen LogP contribution < -0.4 is 11.1 Å². The van der Waals surface area contributed by atoms with Crippen molar-refractivity contribution < 1.29 is 29.4 Å². The SMILES string of the molecule is NC(=O)CSCCC(=O)N[C@H](CCCC(=O)O)C(=O)O. The molecule has 0 aliphatic rings. The molecule has 0 spiro atoms. The predicted octanol–water partition coefficient (Wildman–Crippen LogP) is -0.581. The largest absolute Gasteiger partial charge is 0.481 e. The minimum atomic E-state index is -1.20. The molecule has 1 atom stereocenters. The van der Waals surface area contributed by atoms with E-state index in [1.54, 1.807) is 0 Å². The van der Waals surface area contributed by atoms with E-state index in [0.717, 1.165) is 0 Å². The second-order valence-electron chi connectivity index (χ2n) is 4.01. The Morgan fingerprint density at radius 1 is 1.15 bits per heavy atom. The number of hydrogen-bond donors (Lipinski definition) is 4. The molecule has 8 nitrogen and oxygen atoms in total. The lowest BCUT2D eigenvalue weighted by Crippen LogP contribution is -2.41. The molecule has 0 aromatic carbocycles. The maximum Gasteiger partial charge on any atom is 0.326 e. The highest BCUT2D eigenvalue weighted by Gasteiger charge is 2.19. The van der Waals surface area contributed by atoms with Crippen LogP contribution >= 0.6 is 11.8 Å². The van der Waals surface area contributed by atoms with Gasteiger partial charge >= 0.3 is 11.9 Å². The highest BCUT2D eigenvalue weighted by molar-refractivity contribution is 7.99. The van der Waals surface area contributed by atoms with Gasteiger partial charge in [-0.3, -0.25) is 14.4 Å². The number of aliphatic carboxylic acids is 2. The van der Waals surface area contributed by atoms with Crippen LogP contribution in [0.5, 0.6) is 0 Å². The molecule has 0 aliphatic heterocycles. The van der Waals surface area contributed by atoms with E-state index in [1.807, 2.05) is 0 Å². The molecule has 0 bridgehead atoms. The number of carboxylic acid groups (broad SMARTS) is 2. The zero-order valence-electron chi connectivity index (χ0n) is 10.8. The number of thioether (sulfide) groups is 1. The van der Waals surface area contributed by atoms with E-state index in [1.165, 1.54) is 11.8 Å². The molecular formula is C11H18N2O6S. The standard InChI is InChI=1S/C11H18N2O6S/c12-8(14)6-20-5-4-9(15)13-7(11(18)19)2-1-3-10(16)17/h7H,1-6H2,(H2,12,14)(H,13,15)(H,16,17)(H,18,19)/t7-/m1/s1. The van der Waals surface area contributed by atoms with Crippen LogP contribution in [0.1, 0.15) is 25.7 Å². The summed E-state index contributed by atoms with van der Waals surface area (Å²) in [5, 5.41) is 19.7. The molecule has 5 N–H and O–H groups in total. The van der Waals surface area contributed by atoms with Gasteiger partial charge < -0.3 is 21.3 Å². The molecule has 0 radical (unpaired) electrons. The Hall–Kier alpha value is -1.77. The van der Waals surface area contributed by atoms with Crippen LogP contribution in [0.3, 0.4) is 0 Å². The Kier molecular flexibility index (Phi) is 9.18. The van der Waals surface area contributed by atoms with Crippen LogP contribution in [0.4, 0.5) is 0 Å². The van der Waals surface area contributed by atoms with Crippen molar-refractivity contribution in [1.29, 1.82) is 0 Å². The van der Waals surface area contributed by atoms with E-state index in [4.69, 9.17) is 15.9 Å². The Labute approximate surface area is 120 Å². The maximum atomic E-state index is 11.5. The molecule has 0 aromatic heterocycles. The summed E-state index contributed by atoms with van der Waals surface area (Å²) in [4.78, 5) is 43.2. The first-order chi connectivity index (χ1) is 9.32. The molecule has 0 aliphatic carbocycles. The van der Waals surface area contributed by atoms with E-state index in [0.29, 0.717) is 5.75 Å². The number of nitrogens with one attached hydrogen (secondary N) is 1. The van der Waals surface area contributed by atoms with Gasteiger partial charge in [-0.15, -0.1) is 0 Å². The quantitative estimate of drug-likeness (QED) is 0.373. The maximum absolute atomic E-state index is 11.5. The van der Waals surface area contributed by atoms with Gasteiger partial charge in [0.25, 0.3) is 0 Å². The van der Waals surface area contributed by atoms with Crippen LogP contribution in [0.25, 0.3) is 0 Å². The molecule has 20 heavy (non-hydrogen) atoms. The average Bonchev–Trinajstić information content (AvgIpc) is 2.32. The van der Waals surface area contributed by atoms with Crippen LogP contribution in [-0.4, -0.2) is 51.5 Å². The molecule has 2 amide bonds. The van der Waals surface area contributed by atoms with Gasteiger partial charge in [0.1, 0.15) is 6.04 Å². The zero-order chi connectivity index (χ0) is 15.5. The monoisotopic (exact) mass is 306 g/mol. The lowest BCUT2D eigenvalue weighted by molar-refractivity contribution is -0.142. The molecule has 0 saturated heterocycles. The van der Waals surface area contributed by atoms with Gasteiger partial charge in [0.15, 0.2) is 0 Å². The summed E-state index contributed by atoms with van der Waals surface area (Å²) in [7, 11) is 0. The average molecular weight is 306 g/mol. The summed E-state index contributed by atoms with van der Waals surface area (Å²) in [5.41, 5.74) is 4.92. The Bertz CT molecular complexity index is 374. The molecular weight excluding hydrogens is 288 g/mol.